The standard InChI is InChI=1S/C23H19N7O/c24-13-20-23(28-17-8-9-18-16(12-17)7-4-10-26-18)30-21(14-27-20)29-19(22(25)31)11-15-5-2-1-3-6-15/h1-10,12,14,19H,11H2,(H2,25,31)(H2,28,29,30). The van der Waals surface area contributed by atoms with Crippen LogP contribution in [-0.4, -0.2) is 26.9 Å². The molecule has 0 aliphatic rings. The van der Waals surface area contributed by atoms with Gasteiger partial charge in [-0.05, 0) is 29.8 Å². The second kappa shape index (κ2) is 8.88. The van der Waals surface area contributed by atoms with E-state index >= 15 is 0 Å². The van der Waals surface area contributed by atoms with E-state index in [1.54, 1.807) is 6.20 Å². The number of anilines is 3. The molecular weight excluding hydrogens is 390 g/mol. The van der Waals surface area contributed by atoms with Crippen LogP contribution in [0.3, 0.4) is 0 Å². The van der Waals surface area contributed by atoms with Crippen LogP contribution in [0.4, 0.5) is 17.3 Å². The Bertz CT molecular complexity index is 1270. The van der Waals surface area contributed by atoms with Gasteiger partial charge in [-0.15, -0.1) is 0 Å². The van der Waals surface area contributed by atoms with E-state index in [9.17, 15) is 10.1 Å². The summed E-state index contributed by atoms with van der Waals surface area (Å²) < 4.78 is 0. The summed E-state index contributed by atoms with van der Waals surface area (Å²) in [6.45, 7) is 0. The van der Waals surface area contributed by atoms with Gasteiger partial charge in [0.05, 0.1) is 11.7 Å². The Morgan fingerprint density at radius 1 is 1.10 bits per heavy atom. The van der Waals surface area contributed by atoms with Gasteiger partial charge in [-0.2, -0.15) is 5.26 Å². The number of nitrogens with one attached hydrogen (secondary N) is 2. The van der Waals surface area contributed by atoms with Crippen LogP contribution in [0.25, 0.3) is 10.9 Å². The number of fused-ring (bicyclic) bond motifs is 1. The molecule has 0 spiro atoms. The van der Waals surface area contributed by atoms with Crippen LogP contribution in [0.2, 0.25) is 0 Å². The number of aromatic nitrogens is 3. The number of nitriles is 1. The fraction of sp³-hybridized carbons (Fsp3) is 0.0870. The highest BCUT2D eigenvalue weighted by Crippen LogP contribution is 2.23. The molecule has 31 heavy (non-hydrogen) atoms. The highest BCUT2D eigenvalue weighted by atomic mass is 16.1. The van der Waals surface area contributed by atoms with Crippen molar-refractivity contribution in [1.29, 1.82) is 5.26 Å². The third kappa shape index (κ3) is 4.74. The third-order valence-corrected chi connectivity index (χ3v) is 4.69. The first-order chi connectivity index (χ1) is 15.1. The largest absolute Gasteiger partial charge is 0.368 e. The summed E-state index contributed by atoms with van der Waals surface area (Å²) in [4.78, 5) is 24.9. The molecule has 0 radical (unpaired) electrons. The van der Waals surface area contributed by atoms with Gasteiger partial charge in [-0.3, -0.25) is 9.78 Å². The molecule has 8 nitrogen and oxygen atoms in total. The maximum Gasteiger partial charge on any atom is 0.240 e. The molecule has 1 amide bonds. The van der Waals surface area contributed by atoms with Gasteiger partial charge < -0.3 is 16.4 Å². The SMILES string of the molecule is N#Cc1ncc(NC(Cc2ccccc2)C(N)=O)nc1Nc1ccc2ncccc2c1. The van der Waals surface area contributed by atoms with Gasteiger partial charge >= 0.3 is 0 Å². The van der Waals surface area contributed by atoms with Gasteiger partial charge in [0.25, 0.3) is 0 Å². The van der Waals surface area contributed by atoms with Gasteiger partial charge in [0.15, 0.2) is 11.5 Å². The Kier molecular flexibility index (Phi) is 5.67. The molecule has 0 saturated heterocycles. The van der Waals surface area contributed by atoms with Gasteiger partial charge in [0.1, 0.15) is 17.9 Å². The van der Waals surface area contributed by atoms with Crippen molar-refractivity contribution in [2.45, 2.75) is 12.5 Å². The molecule has 2 aromatic heterocycles. The van der Waals surface area contributed by atoms with Crippen LogP contribution < -0.4 is 16.4 Å². The minimum Gasteiger partial charge on any atom is -0.368 e. The van der Waals surface area contributed by atoms with E-state index in [1.165, 1.54) is 6.20 Å². The monoisotopic (exact) mass is 409 g/mol. The average Bonchev–Trinajstić information content (AvgIpc) is 2.79. The summed E-state index contributed by atoms with van der Waals surface area (Å²) in [5.41, 5.74) is 8.27. The van der Waals surface area contributed by atoms with Crippen molar-refractivity contribution in [3.63, 3.8) is 0 Å². The maximum atomic E-state index is 12.0. The van der Waals surface area contributed by atoms with E-state index < -0.39 is 11.9 Å². The number of pyridine rings is 1. The Hall–Kier alpha value is -4.51. The summed E-state index contributed by atoms with van der Waals surface area (Å²) in [7, 11) is 0. The number of carbonyl (C=O) groups excluding carboxylic acids is 1. The second-order valence-electron chi connectivity index (χ2n) is 6.89. The number of hydrogen-bond donors (Lipinski definition) is 3. The molecule has 4 rings (SSSR count). The fourth-order valence-corrected chi connectivity index (χ4v) is 3.17. The predicted molar refractivity (Wildman–Crippen MR) is 119 cm³/mol. The Labute approximate surface area is 178 Å². The van der Waals surface area contributed by atoms with Crippen LogP contribution >= 0.6 is 0 Å². The van der Waals surface area contributed by atoms with E-state index in [2.05, 4.69) is 25.6 Å². The van der Waals surface area contributed by atoms with Crippen molar-refractivity contribution < 1.29 is 4.79 Å². The quantitative estimate of drug-likeness (QED) is 0.427. The predicted octanol–water partition coefficient (Wildman–Crippen LogP) is 3.15. The summed E-state index contributed by atoms with van der Waals surface area (Å²) in [6, 6.07) is 20.3. The molecule has 0 saturated carbocycles. The zero-order valence-corrected chi connectivity index (χ0v) is 16.5. The molecule has 1 atom stereocenters. The summed E-state index contributed by atoms with van der Waals surface area (Å²) in [5, 5.41) is 16.5. The molecule has 2 heterocycles. The van der Waals surface area contributed by atoms with E-state index in [0.717, 1.165) is 22.2 Å². The van der Waals surface area contributed by atoms with Crippen molar-refractivity contribution >= 4 is 34.1 Å². The average molecular weight is 409 g/mol. The molecule has 1 unspecified atom stereocenters. The first kappa shape index (κ1) is 19.8. The molecule has 2 aromatic carbocycles. The lowest BCUT2D eigenvalue weighted by atomic mass is 10.1. The Balaban J connectivity index is 1.58. The van der Waals surface area contributed by atoms with Crippen LogP contribution in [0, 0.1) is 11.3 Å². The van der Waals surface area contributed by atoms with Gasteiger partial charge in [-0.1, -0.05) is 36.4 Å². The minimum atomic E-state index is -0.677. The van der Waals surface area contributed by atoms with Gasteiger partial charge in [0.2, 0.25) is 5.91 Å². The third-order valence-electron chi connectivity index (χ3n) is 4.69. The molecule has 0 aliphatic carbocycles. The zero-order valence-electron chi connectivity index (χ0n) is 16.5. The number of nitrogens with zero attached hydrogens (tertiary/aromatic N) is 4. The number of amides is 1. The fourth-order valence-electron chi connectivity index (χ4n) is 3.17. The number of primary amides is 1. The topological polar surface area (TPSA) is 130 Å². The number of rotatable bonds is 7. The second-order valence-corrected chi connectivity index (χ2v) is 6.89. The lowest BCUT2D eigenvalue weighted by molar-refractivity contribution is -0.118. The first-order valence-corrected chi connectivity index (χ1v) is 9.61. The summed E-state index contributed by atoms with van der Waals surface area (Å²) >= 11 is 0. The Morgan fingerprint density at radius 3 is 2.71 bits per heavy atom. The van der Waals surface area contributed by atoms with Crippen molar-refractivity contribution in [3.8, 4) is 6.07 Å². The van der Waals surface area contributed by atoms with E-state index in [4.69, 9.17) is 5.73 Å². The molecule has 8 heteroatoms. The number of benzene rings is 2. The number of hydrogen-bond acceptors (Lipinski definition) is 7. The van der Waals surface area contributed by atoms with Crippen LogP contribution in [-0.2, 0) is 11.2 Å². The lowest BCUT2D eigenvalue weighted by Gasteiger charge is -2.17. The van der Waals surface area contributed by atoms with Crippen molar-refractivity contribution in [2.24, 2.45) is 5.73 Å². The lowest BCUT2D eigenvalue weighted by Crippen LogP contribution is -2.37. The molecule has 152 valence electrons. The van der Waals surface area contributed by atoms with Crippen molar-refractivity contribution in [3.05, 3.63) is 84.3 Å². The molecular formula is C23H19N7O. The molecule has 4 N–H and O–H groups in total. The van der Waals surface area contributed by atoms with Crippen molar-refractivity contribution in [1.82, 2.24) is 15.0 Å². The smallest absolute Gasteiger partial charge is 0.240 e. The van der Waals surface area contributed by atoms with Crippen molar-refractivity contribution in [2.75, 3.05) is 10.6 Å². The normalized spacial score (nSPS) is 11.5. The summed E-state index contributed by atoms with van der Waals surface area (Å²) in [5.74, 6) is 0.105. The summed E-state index contributed by atoms with van der Waals surface area (Å²) in [6.07, 6.45) is 3.54. The molecule has 0 bridgehead atoms. The first-order valence-electron chi connectivity index (χ1n) is 9.61. The Morgan fingerprint density at radius 2 is 1.94 bits per heavy atom. The number of carbonyl (C=O) groups is 1. The molecule has 4 aromatic rings. The van der Waals surface area contributed by atoms with Crippen LogP contribution in [0.1, 0.15) is 11.3 Å². The highest BCUT2D eigenvalue weighted by Gasteiger charge is 2.18. The van der Waals surface area contributed by atoms with E-state index in [-0.39, 0.29) is 11.5 Å². The maximum absolute atomic E-state index is 12.0. The van der Waals surface area contributed by atoms with Crippen LogP contribution in [0.5, 0.6) is 0 Å². The van der Waals surface area contributed by atoms with E-state index in [1.807, 2.05) is 66.7 Å². The zero-order chi connectivity index (χ0) is 21.6. The van der Waals surface area contributed by atoms with E-state index in [0.29, 0.717) is 12.2 Å². The van der Waals surface area contributed by atoms with Gasteiger partial charge in [-0.25, -0.2) is 9.97 Å². The number of nitrogens with two attached hydrogens (primary N) is 1. The minimum absolute atomic E-state index is 0.135. The van der Waals surface area contributed by atoms with Gasteiger partial charge in [0, 0.05) is 23.7 Å². The molecule has 0 fully saturated rings. The highest BCUT2D eigenvalue weighted by molar-refractivity contribution is 5.84. The molecule has 0 aliphatic heterocycles. The van der Waals surface area contributed by atoms with Crippen LogP contribution in [0.15, 0.2) is 73.1 Å².